The molecule has 102 valence electrons. The second kappa shape index (κ2) is 6.33. The molecule has 1 unspecified atom stereocenters. The van der Waals surface area contributed by atoms with Gasteiger partial charge in [-0.1, -0.05) is 6.92 Å². The number of ether oxygens (including phenoxy) is 1. The van der Waals surface area contributed by atoms with Crippen LogP contribution in [0.2, 0.25) is 0 Å². The number of hydrogen-bond acceptors (Lipinski definition) is 3. The Morgan fingerprint density at radius 3 is 2.28 bits per heavy atom. The number of rotatable bonds is 6. The summed E-state index contributed by atoms with van der Waals surface area (Å²) in [5.41, 5.74) is 0. The molecule has 3 nitrogen and oxygen atoms in total. The molecule has 1 atom stereocenters. The minimum atomic E-state index is -3.61. The van der Waals surface area contributed by atoms with Crippen molar-refractivity contribution in [2.24, 2.45) is 5.92 Å². The quantitative estimate of drug-likeness (QED) is 0.758. The lowest BCUT2D eigenvalue weighted by atomic mass is 10.1. The first kappa shape index (κ1) is 15.2. The van der Waals surface area contributed by atoms with Crippen LogP contribution >= 0.6 is 10.7 Å². The topological polar surface area (TPSA) is 43.4 Å². The van der Waals surface area contributed by atoms with E-state index in [1.165, 1.54) is 0 Å². The molecule has 0 fully saturated rings. The average molecular weight is 299 g/mol. The maximum atomic E-state index is 12.9. The molecule has 0 aliphatic heterocycles. The Kier molecular flexibility index (Phi) is 5.34. The van der Waals surface area contributed by atoms with E-state index in [0.29, 0.717) is 6.42 Å². The van der Waals surface area contributed by atoms with Crippen LogP contribution in [0.25, 0.3) is 0 Å². The van der Waals surface area contributed by atoms with E-state index in [1.54, 1.807) is 6.92 Å². The third-order valence-electron chi connectivity index (χ3n) is 2.33. The van der Waals surface area contributed by atoms with Crippen molar-refractivity contribution in [2.75, 3.05) is 12.4 Å². The van der Waals surface area contributed by atoms with Gasteiger partial charge in [0.2, 0.25) is 9.05 Å². The summed E-state index contributed by atoms with van der Waals surface area (Å²) >= 11 is 0. The Morgan fingerprint density at radius 1 is 1.28 bits per heavy atom. The highest BCUT2D eigenvalue weighted by Gasteiger charge is 2.16. The van der Waals surface area contributed by atoms with Crippen LogP contribution in [-0.4, -0.2) is 20.8 Å². The van der Waals surface area contributed by atoms with Crippen molar-refractivity contribution in [3.63, 3.8) is 0 Å². The van der Waals surface area contributed by atoms with Crippen LogP contribution in [0.3, 0.4) is 0 Å². The first-order valence-electron chi connectivity index (χ1n) is 5.31. The zero-order valence-electron chi connectivity index (χ0n) is 9.70. The smallest absolute Gasteiger partial charge is 0.232 e. The van der Waals surface area contributed by atoms with Gasteiger partial charge < -0.3 is 4.74 Å². The maximum Gasteiger partial charge on any atom is 0.232 e. The first-order valence-corrected chi connectivity index (χ1v) is 7.79. The molecule has 1 aromatic rings. The van der Waals surface area contributed by atoms with Crippen molar-refractivity contribution in [1.82, 2.24) is 0 Å². The van der Waals surface area contributed by atoms with E-state index < -0.39 is 20.7 Å². The monoisotopic (exact) mass is 298 g/mol. The maximum absolute atomic E-state index is 12.9. The van der Waals surface area contributed by atoms with Crippen molar-refractivity contribution in [3.8, 4) is 5.75 Å². The van der Waals surface area contributed by atoms with E-state index in [2.05, 4.69) is 0 Å². The standard InChI is InChI=1S/C11H13ClF2O3S/c1-2-8(7-18(12,15)16)6-17-11-4-9(13)3-10(14)5-11/h3-5,8H,2,6-7H2,1H3. The van der Waals surface area contributed by atoms with E-state index in [9.17, 15) is 17.2 Å². The molecule has 0 saturated heterocycles. The third-order valence-corrected chi connectivity index (χ3v) is 3.58. The Balaban J connectivity index is 2.62. The molecular weight excluding hydrogens is 286 g/mol. The molecule has 0 aliphatic rings. The minimum Gasteiger partial charge on any atom is -0.493 e. The summed E-state index contributed by atoms with van der Waals surface area (Å²) in [5.74, 6) is -2.02. The highest BCUT2D eigenvalue weighted by atomic mass is 35.7. The van der Waals surface area contributed by atoms with Gasteiger partial charge in [0, 0.05) is 34.8 Å². The zero-order valence-corrected chi connectivity index (χ0v) is 11.3. The number of benzene rings is 1. The van der Waals surface area contributed by atoms with E-state index in [0.717, 1.165) is 18.2 Å². The lowest BCUT2D eigenvalue weighted by Gasteiger charge is -2.14. The number of hydrogen-bond donors (Lipinski definition) is 0. The van der Waals surface area contributed by atoms with Crippen LogP contribution in [0.5, 0.6) is 5.75 Å². The summed E-state index contributed by atoms with van der Waals surface area (Å²) < 4.78 is 52.7. The fraction of sp³-hybridized carbons (Fsp3) is 0.455. The van der Waals surface area contributed by atoms with Gasteiger partial charge in [0.1, 0.15) is 17.4 Å². The van der Waals surface area contributed by atoms with Crippen molar-refractivity contribution in [1.29, 1.82) is 0 Å². The van der Waals surface area contributed by atoms with Gasteiger partial charge >= 0.3 is 0 Å². The molecule has 0 N–H and O–H groups in total. The van der Waals surface area contributed by atoms with Crippen LogP contribution in [-0.2, 0) is 9.05 Å². The molecule has 0 radical (unpaired) electrons. The molecule has 0 amide bonds. The highest BCUT2D eigenvalue weighted by molar-refractivity contribution is 8.13. The second-order valence-electron chi connectivity index (χ2n) is 3.90. The van der Waals surface area contributed by atoms with Crippen molar-refractivity contribution in [2.45, 2.75) is 13.3 Å². The second-order valence-corrected chi connectivity index (χ2v) is 6.72. The normalized spacial score (nSPS) is 13.3. The Labute approximate surface area is 109 Å². The van der Waals surface area contributed by atoms with Gasteiger partial charge in [0.05, 0.1) is 12.4 Å². The van der Waals surface area contributed by atoms with Gasteiger partial charge in [0.15, 0.2) is 0 Å². The molecule has 1 aromatic carbocycles. The van der Waals surface area contributed by atoms with E-state index in [1.807, 2.05) is 0 Å². The molecule has 0 saturated carbocycles. The summed E-state index contributed by atoms with van der Waals surface area (Å²) in [6, 6.07) is 2.80. The lowest BCUT2D eigenvalue weighted by molar-refractivity contribution is 0.256. The van der Waals surface area contributed by atoms with Crippen molar-refractivity contribution >= 4 is 19.7 Å². The largest absolute Gasteiger partial charge is 0.493 e. The van der Waals surface area contributed by atoms with Crippen LogP contribution in [0.15, 0.2) is 18.2 Å². The Bertz CT molecular complexity index is 485. The molecule has 0 heterocycles. The summed E-state index contributed by atoms with van der Waals surface area (Å²) in [5, 5.41) is 0. The summed E-state index contributed by atoms with van der Waals surface area (Å²) in [6.45, 7) is 1.81. The number of halogens is 3. The Hall–Kier alpha value is -0.880. The molecule has 0 bridgehead atoms. The van der Waals surface area contributed by atoms with Crippen molar-refractivity contribution < 1.29 is 21.9 Å². The van der Waals surface area contributed by atoms with Gasteiger partial charge in [-0.05, 0) is 6.42 Å². The third kappa shape index (κ3) is 5.64. The molecule has 7 heteroatoms. The van der Waals surface area contributed by atoms with E-state index in [-0.39, 0.29) is 24.0 Å². The SMILES string of the molecule is CCC(COc1cc(F)cc(F)c1)CS(=O)(=O)Cl. The molecule has 1 rings (SSSR count). The summed E-state index contributed by atoms with van der Waals surface area (Å²) in [7, 11) is 1.52. The average Bonchev–Trinajstić information content (AvgIpc) is 2.21. The van der Waals surface area contributed by atoms with Gasteiger partial charge in [-0.3, -0.25) is 0 Å². The van der Waals surface area contributed by atoms with Crippen molar-refractivity contribution in [3.05, 3.63) is 29.8 Å². The van der Waals surface area contributed by atoms with Crippen LogP contribution in [0.1, 0.15) is 13.3 Å². The fourth-order valence-corrected chi connectivity index (χ4v) is 2.82. The fourth-order valence-electron chi connectivity index (χ4n) is 1.39. The predicted octanol–water partition coefficient (Wildman–Crippen LogP) is 2.94. The molecular formula is C11H13ClF2O3S. The molecule has 0 aromatic heterocycles. The van der Waals surface area contributed by atoms with Gasteiger partial charge in [-0.25, -0.2) is 17.2 Å². The Morgan fingerprint density at radius 2 is 1.83 bits per heavy atom. The van der Waals surface area contributed by atoms with Gasteiger partial charge in [-0.2, -0.15) is 0 Å². The van der Waals surface area contributed by atoms with E-state index >= 15 is 0 Å². The predicted molar refractivity (Wildman–Crippen MR) is 65.3 cm³/mol. The zero-order chi connectivity index (χ0) is 13.8. The van der Waals surface area contributed by atoms with Gasteiger partial charge in [-0.15, -0.1) is 0 Å². The molecule has 0 spiro atoms. The summed E-state index contributed by atoms with van der Waals surface area (Å²) in [4.78, 5) is 0. The molecule has 0 aliphatic carbocycles. The van der Waals surface area contributed by atoms with Crippen LogP contribution in [0.4, 0.5) is 8.78 Å². The minimum absolute atomic E-state index is 0.0259. The van der Waals surface area contributed by atoms with Gasteiger partial charge in [0.25, 0.3) is 0 Å². The van der Waals surface area contributed by atoms with Crippen LogP contribution in [0, 0.1) is 17.6 Å². The summed E-state index contributed by atoms with van der Waals surface area (Å²) in [6.07, 6.45) is 0.531. The first-order chi connectivity index (χ1) is 8.30. The molecule has 18 heavy (non-hydrogen) atoms. The van der Waals surface area contributed by atoms with E-state index in [4.69, 9.17) is 15.4 Å². The van der Waals surface area contributed by atoms with Crippen LogP contribution < -0.4 is 4.74 Å². The lowest BCUT2D eigenvalue weighted by Crippen LogP contribution is -2.19. The highest BCUT2D eigenvalue weighted by Crippen LogP contribution is 2.18.